The smallest absolute Gasteiger partial charge is 0.337 e. The summed E-state index contributed by atoms with van der Waals surface area (Å²) in [6.07, 6.45) is 6.86. The largest absolute Gasteiger partial charge is 0.478 e. The summed E-state index contributed by atoms with van der Waals surface area (Å²) in [5.41, 5.74) is 0.108. The number of aromatic carboxylic acids is 1. The second kappa shape index (κ2) is 8.96. The number of halogens is 1. The second-order valence-corrected chi connectivity index (χ2v) is 11.2. The molecular formula is C23H25BrN2O5S. The Morgan fingerprint density at radius 2 is 1.62 bits per heavy atom. The summed E-state index contributed by atoms with van der Waals surface area (Å²) >= 11 is 3.22. The average molecular weight is 521 g/mol. The fourth-order valence-corrected chi connectivity index (χ4v) is 7.15. The van der Waals surface area contributed by atoms with Crippen LogP contribution in [0.2, 0.25) is 0 Å². The molecule has 1 amide bonds. The highest BCUT2D eigenvalue weighted by Gasteiger charge is 2.47. The molecule has 1 spiro atoms. The third-order valence-corrected chi connectivity index (χ3v) is 8.99. The quantitative estimate of drug-likeness (QED) is 0.584. The Bertz CT molecular complexity index is 1140. The van der Waals surface area contributed by atoms with Crippen LogP contribution in [0.25, 0.3) is 0 Å². The van der Waals surface area contributed by atoms with Crippen LogP contribution in [0.4, 0.5) is 5.69 Å². The van der Waals surface area contributed by atoms with Crippen molar-refractivity contribution in [3.63, 3.8) is 0 Å². The number of carboxylic acids is 1. The number of hydrogen-bond donors (Lipinski definition) is 2. The molecule has 0 radical (unpaired) electrons. The predicted molar refractivity (Wildman–Crippen MR) is 124 cm³/mol. The molecule has 170 valence electrons. The molecule has 4 rings (SSSR count). The van der Waals surface area contributed by atoms with Gasteiger partial charge in [0.25, 0.3) is 5.91 Å². The minimum absolute atomic E-state index is 0.0428. The van der Waals surface area contributed by atoms with Crippen LogP contribution in [-0.4, -0.2) is 41.8 Å². The molecule has 1 aliphatic carbocycles. The summed E-state index contributed by atoms with van der Waals surface area (Å²) in [5.74, 6) is -1.67. The molecule has 1 saturated heterocycles. The van der Waals surface area contributed by atoms with Crippen LogP contribution in [0.15, 0.2) is 51.8 Å². The average Bonchev–Trinajstić information content (AvgIpc) is 3.18. The number of carboxylic acid groups (broad SMARTS) is 1. The molecule has 0 atom stereocenters. The van der Waals surface area contributed by atoms with Crippen LogP contribution < -0.4 is 5.32 Å². The van der Waals surface area contributed by atoms with E-state index in [9.17, 15) is 23.1 Å². The van der Waals surface area contributed by atoms with Crippen LogP contribution in [-0.2, 0) is 10.0 Å². The topological polar surface area (TPSA) is 104 Å². The Balaban J connectivity index is 1.54. The van der Waals surface area contributed by atoms with Crippen molar-refractivity contribution in [3.05, 3.63) is 58.1 Å². The molecule has 1 heterocycles. The lowest BCUT2D eigenvalue weighted by Crippen LogP contribution is -2.48. The van der Waals surface area contributed by atoms with E-state index in [1.807, 2.05) is 0 Å². The van der Waals surface area contributed by atoms with Gasteiger partial charge in [0, 0.05) is 22.1 Å². The normalized spacial score (nSPS) is 18.5. The lowest BCUT2D eigenvalue weighted by atomic mass is 9.81. The van der Waals surface area contributed by atoms with Crippen molar-refractivity contribution in [2.75, 3.05) is 11.9 Å². The Hall–Kier alpha value is -2.23. The molecule has 2 fully saturated rings. The SMILES string of the molecule is O=C(Nc1ccc(Br)cc1C(=O)O)c1ccc(S(=O)(=O)N2CCCC23CCCCC3)cc1. The van der Waals surface area contributed by atoms with Gasteiger partial charge in [-0.2, -0.15) is 4.31 Å². The van der Waals surface area contributed by atoms with Crippen molar-refractivity contribution in [1.29, 1.82) is 0 Å². The molecular weight excluding hydrogens is 496 g/mol. The number of rotatable bonds is 5. The van der Waals surface area contributed by atoms with Crippen molar-refractivity contribution >= 4 is 43.5 Å². The molecule has 9 heteroatoms. The van der Waals surface area contributed by atoms with Gasteiger partial charge in [0.15, 0.2) is 0 Å². The van der Waals surface area contributed by atoms with Gasteiger partial charge in [-0.15, -0.1) is 0 Å². The Morgan fingerprint density at radius 1 is 0.969 bits per heavy atom. The lowest BCUT2D eigenvalue weighted by molar-refractivity contribution is 0.0698. The molecule has 0 unspecified atom stereocenters. The predicted octanol–water partition coefficient (Wildman–Crippen LogP) is 4.89. The van der Waals surface area contributed by atoms with Gasteiger partial charge in [0.05, 0.1) is 16.1 Å². The van der Waals surface area contributed by atoms with Gasteiger partial charge < -0.3 is 10.4 Å². The highest BCUT2D eigenvalue weighted by atomic mass is 79.9. The monoisotopic (exact) mass is 520 g/mol. The van der Waals surface area contributed by atoms with E-state index in [-0.39, 0.29) is 27.2 Å². The molecule has 1 aliphatic heterocycles. The van der Waals surface area contributed by atoms with Crippen LogP contribution in [0.5, 0.6) is 0 Å². The molecule has 0 aromatic heterocycles. The number of nitrogens with one attached hydrogen (secondary N) is 1. The fraction of sp³-hybridized carbons (Fsp3) is 0.391. The number of carbonyl (C=O) groups excluding carboxylic acids is 1. The van der Waals surface area contributed by atoms with Gasteiger partial charge in [0.1, 0.15) is 0 Å². The molecule has 2 N–H and O–H groups in total. The van der Waals surface area contributed by atoms with Gasteiger partial charge in [0.2, 0.25) is 10.0 Å². The number of amides is 1. The van der Waals surface area contributed by atoms with E-state index in [4.69, 9.17) is 0 Å². The molecule has 1 saturated carbocycles. The minimum Gasteiger partial charge on any atom is -0.478 e. The van der Waals surface area contributed by atoms with Crippen molar-refractivity contribution in [1.82, 2.24) is 4.31 Å². The number of anilines is 1. The number of carbonyl (C=O) groups is 2. The highest BCUT2D eigenvalue weighted by Crippen LogP contribution is 2.44. The van der Waals surface area contributed by atoms with Crippen LogP contribution >= 0.6 is 15.9 Å². The van der Waals surface area contributed by atoms with E-state index in [2.05, 4.69) is 21.2 Å². The first-order valence-electron chi connectivity index (χ1n) is 10.7. The van der Waals surface area contributed by atoms with E-state index in [1.165, 1.54) is 36.4 Å². The van der Waals surface area contributed by atoms with Gasteiger partial charge in [-0.1, -0.05) is 35.2 Å². The highest BCUT2D eigenvalue weighted by molar-refractivity contribution is 9.10. The number of benzene rings is 2. The minimum atomic E-state index is -3.65. The van der Waals surface area contributed by atoms with Crippen LogP contribution in [0.1, 0.15) is 65.7 Å². The van der Waals surface area contributed by atoms with E-state index >= 15 is 0 Å². The Morgan fingerprint density at radius 3 is 2.28 bits per heavy atom. The first-order valence-corrected chi connectivity index (χ1v) is 12.9. The summed E-state index contributed by atoms with van der Waals surface area (Å²) in [7, 11) is -3.65. The van der Waals surface area contributed by atoms with Crippen molar-refractivity contribution < 1.29 is 23.1 Å². The van der Waals surface area contributed by atoms with Crippen molar-refractivity contribution in [3.8, 4) is 0 Å². The van der Waals surface area contributed by atoms with Gasteiger partial charge in [-0.05, 0) is 68.1 Å². The number of hydrogen-bond acceptors (Lipinski definition) is 4. The molecule has 0 bridgehead atoms. The molecule has 32 heavy (non-hydrogen) atoms. The van der Waals surface area contributed by atoms with E-state index in [1.54, 1.807) is 10.4 Å². The van der Waals surface area contributed by atoms with Crippen LogP contribution in [0, 0.1) is 0 Å². The third-order valence-electron chi connectivity index (χ3n) is 6.48. The van der Waals surface area contributed by atoms with Crippen molar-refractivity contribution in [2.24, 2.45) is 0 Å². The maximum Gasteiger partial charge on any atom is 0.337 e. The standard InChI is InChI=1S/C23H25BrN2O5S/c24-17-7-10-20(19(15-17)22(28)29)25-21(27)16-5-8-18(9-6-16)32(30,31)26-14-4-13-23(26)11-2-1-3-12-23/h5-10,15H,1-4,11-14H2,(H,25,27)(H,28,29). The third kappa shape index (κ3) is 4.33. The zero-order valence-electron chi connectivity index (χ0n) is 17.5. The Kier molecular flexibility index (Phi) is 6.42. The number of nitrogens with zero attached hydrogens (tertiary/aromatic N) is 1. The van der Waals surface area contributed by atoms with Gasteiger partial charge >= 0.3 is 5.97 Å². The lowest BCUT2D eigenvalue weighted by Gasteiger charge is -2.40. The summed E-state index contributed by atoms with van der Waals surface area (Å²) < 4.78 is 29.0. The van der Waals surface area contributed by atoms with E-state index in [0.29, 0.717) is 11.0 Å². The van der Waals surface area contributed by atoms with Gasteiger partial charge in [-0.25, -0.2) is 13.2 Å². The zero-order chi connectivity index (χ0) is 22.9. The maximum atomic E-state index is 13.4. The van der Waals surface area contributed by atoms with Crippen molar-refractivity contribution in [2.45, 2.75) is 55.4 Å². The number of sulfonamides is 1. The molecule has 7 nitrogen and oxygen atoms in total. The summed E-state index contributed by atoms with van der Waals surface area (Å²) in [5, 5.41) is 12.0. The molecule has 2 aliphatic rings. The first kappa shape index (κ1) is 22.9. The fourth-order valence-electron chi connectivity index (χ4n) is 4.90. The zero-order valence-corrected chi connectivity index (χ0v) is 19.9. The summed E-state index contributed by atoms with van der Waals surface area (Å²) in [4.78, 5) is 24.3. The summed E-state index contributed by atoms with van der Waals surface area (Å²) in [6, 6.07) is 10.4. The van der Waals surface area contributed by atoms with E-state index < -0.39 is 21.9 Å². The second-order valence-electron chi connectivity index (χ2n) is 8.44. The Labute approximate surface area is 196 Å². The van der Waals surface area contributed by atoms with Crippen LogP contribution in [0.3, 0.4) is 0 Å². The summed E-state index contributed by atoms with van der Waals surface area (Å²) in [6.45, 7) is 0.534. The van der Waals surface area contributed by atoms with E-state index in [0.717, 1.165) is 44.9 Å². The first-order chi connectivity index (χ1) is 15.2. The molecule has 2 aromatic rings. The van der Waals surface area contributed by atoms with Gasteiger partial charge in [-0.3, -0.25) is 4.79 Å². The maximum absolute atomic E-state index is 13.4. The molecule has 2 aromatic carbocycles.